The smallest absolute Gasteiger partial charge is 0.251 e. The van der Waals surface area contributed by atoms with Gasteiger partial charge in [-0.15, -0.1) is 0 Å². The fourth-order valence-corrected chi connectivity index (χ4v) is 4.56. The number of imidazole rings is 1. The summed E-state index contributed by atoms with van der Waals surface area (Å²) in [6, 6.07) is 18.1. The number of benzene rings is 2. The molecule has 4 rings (SSSR count). The molecule has 2 aromatic carbocycles. The van der Waals surface area contributed by atoms with Crippen molar-refractivity contribution in [3.8, 4) is 0 Å². The molecule has 170 valence electrons. The maximum atomic E-state index is 12.3. The number of hydrogen-bond donors (Lipinski definition) is 1. The topological polar surface area (TPSA) is 69.0 Å². The Hall–Kier alpha value is -3.16. The zero-order valence-electron chi connectivity index (χ0n) is 19.0. The highest BCUT2D eigenvalue weighted by atomic mass is 32.2. The van der Waals surface area contributed by atoms with Crippen LogP contribution in [0.25, 0.3) is 11.0 Å². The average Bonchev–Trinajstić information content (AvgIpc) is 3.19. The lowest BCUT2D eigenvalue weighted by atomic mass is 10.1. The Morgan fingerprint density at radius 3 is 2.73 bits per heavy atom. The number of pyridine rings is 1. The van der Waals surface area contributed by atoms with Crippen LogP contribution in [0.4, 0.5) is 0 Å². The van der Waals surface area contributed by atoms with Crippen LogP contribution in [0.15, 0.2) is 72.1 Å². The first-order valence-electron chi connectivity index (χ1n) is 11.0. The van der Waals surface area contributed by atoms with Crippen LogP contribution in [0.2, 0.25) is 0 Å². The summed E-state index contributed by atoms with van der Waals surface area (Å²) in [4.78, 5) is 21.4. The number of fused-ring (bicyclic) bond motifs is 1. The normalized spacial score (nSPS) is 11.1. The second-order valence-corrected chi connectivity index (χ2v) is 8.80. The van der Waals surface area contributed by atoms with Gasteiger partial charge in [0.15, 0.2) is 5.16 Å². The predicted molar refractivity (Wildman–Crippen MR) is 133 cm³/mol. The molecule has 0 aliphatic heterocycles. The number of carbonyl (C=O) groups excluding carboxylic acids is 1. The molecule has 0 aliphatic rings. The molecule has 0 fully saturated rings. The summed E-state index contributed by atoms with van der Waals surface area (Å²) in [6.45, 7) is 4.13. The van der Waals surface area contributed by atoms with Gasteiger partial charge in [-0.1, -0.05) is 48.2 Å². The van der Waals surface area contributed by atoms with Crippen molar-refractivity contribution < 1.29 is 9.53 Å². The Morgan fingerprint density at radius 2 is 1.94 bits per heavy atom. The van der Waals surface area contributed by atoms with Crippen LogP contribution in [0, 0.1) is 6.92 Å². The molecule has 1 N–H and O–H groups in total. The Morgan fingerprint density at radius 1 is 1.12 bits per heavy atom. The van der Waals surface area contributed by atoms with Crippen molar-refractivity contribution in [1.82, 2.24) is 19.9 Å². The van der Waals surface area contributed by atoms with Crippen molar-refractivity contribution in [2.75, 3.05) is 20.3 Å². The Bertz CT molecular complexity index is 1220. The van der Waals surface area contributed by atoms with E-state index >= 15 is 0 Å². The summed E-state index contributed by atoms with van der Waals surface area (Å²) in [5.74, 6) is 0.707. The van der Waals surface area contributed by atoms with E-state index in [1.807, 2.05) is 36.5 Å². The summed E-state index contributed by atoms with van der Waals surface area (Å²) in [5, 5.41) is 3.88. The minimum absolute atomic E-state index is 0.0576. The van der Waals surface area contributed by atoms with Crippen molar-refractivity contribution in [2.45, 2.75) is 30.8 Å². The van der Waals surface area contributed by atoms with Crippen LogP contribution in [0.3, 0.4) is 0 Å². The number of hydrogen-bond acceptors (Lipinski definition) is 5. The lowest BCUT2D eigenvalue weighted by molar-refractivity contribution is 0.0948. The zero-order valence-corrected chi connectivity index (χ0v) is 19.8. The number of nitrogens with one attached hydrogen (secondary N) is 1. The van der Waals surface area contributed by atoms with Gasteiger partial charge in [-0.2, -0.15) is 0 Å². The molecule has 0 unspecified atom stereocenters. The monoisotopic (exact) mass is 460 g/mol. The molecular formula is C26H28N4O2S. The first kappa shape index (κ1) is 23.0. The number of aromatic nitrogens is 3. The van der Waals surface area contributed by atoms with Gasteiger partial charge in [0.05, 0.1) is 23.8 Å². The fourth-order valence-electron chi connectivity index (χ4n) is 3.59. The molecule has 4 aromatic rings. The second-order valence-electron chi connectivity index (χ2n) is 7.86. The summed E-state index contributed by atoms with van der Waals surface area (Å²) < 4.78 is 7.24. The third-order valence-electron chi connectivity index (χ3n) is 5.50. The van der Waals surface area contributed by atoms with E-state index in [4.69, 9.17) is 9.72 Å². The van der Waals surface area contributed by atoms with Crippen LogP contribution < -0.4 is 5.32 Å². The highest BCUT2D eigenvalue weighted by molar-refractivity contribution is 7.98. The molecule has 2 aromatic heterocycles. The molecule has 0 aliphatic carbocycles. The predicted octanol–water partition coefficient (Wildman–Crippen LogP) is 4.85. The van der Waals surface area contributed by atoms with Crippen molar-refractivity contribution in [1.29, 1.82) is 0 Å². The largest absolute Gasteiger partial charge is 0.385 e. The van der Waals surface area contributed by atoms with Crippen molar-refractivity contribution in [3.05, 3.63) is 89.2 Å². The van der Waals surface area contributed by atoms with Crippen LogP contribution in [-0.2, 0) is 17.0 Å². The minimum Gasteiger partial charge on any atom is -0.385 e. The van der Waals surface area contributed by atoms with E-state index in [9.17, 15) is 4.79 Å². The molecule has 0 atom stereocenters. The van der Waals surface area contributed by atoms with Crippen molar-refractivity contribution in [2.24, 2.45) is 0 Å². The van der Waals surface area contributed by atoms with Gasteiger partial charge < -0.3 is 14.6 Å². The maximum Gasteiger partial charge on any atom is 0.251 e. The zero-order chi connectivity index (χ0) is 23.0. The van der Waals surface area contributed by atoms with Crippen LogP contribution in [0.1, 0.15) is 33.5 Å². The fraction of sp³-hybridized carbons (Fsp3) is 0.269. The van der Waals surface area contributed by atoms with Crippen LogP contribution in [0.5, 0.6) is 0 Å². The molecule has 0 bridgehead atoms. The first-order chi connectivity index (χ1) is 16.2. The Kier molecular flexibility index (Phi) is 7.75. The molecule has 1 amide bonds. The number of amides is 1. The van der Waals surface area contributed by atoms with Gasteiger partial charge >= 0.3 is 0 Å². The first-order valence-corrected chi connectivity index (χ1v) is 12.0. The van der Waals surface area contributed by atoms with Crippen molar-refractivity contribution in [3.63, 3.8) is 0 Å². The summed E-state index contributed by atoms with van der Waals surface area (Å²) >= 11 is 1.69. The Balaban J connectivity index is 1.46. The third-order valence-corrected chi connectivity index (χ3v) is 6.55. The van der Waals surface area contributed by atoms with Crippen LogP contribution in [-0.4, -0.2) is 40.7 Å². The van der Waals surface area contributed by atoms with E-state index < -0.39 is 0 Å². The second kappa shape index (κ2) is 11.1. The number of carbonyl (C=O) groups is 1. The van der Waals surface area contributed by atoms with Gasteiger partial charge in [-0.05, 0) is 48.2 Å². The Labute approximate surface area is 198 Å². The molecule has 0 saturated heterocycles. The minimum atomic E-state index is -0.0576. The van der Waals surface area contributed by atoms with E-state index in [2.05, 4.69) is 46.1 Å². The van der Waals surface area contributed by atoms with Gasteiger partial charge in [0.1, 0.15) is 0 Å². The molecular weight excluding hydrogens is 432 g/mol. The van der Waals surface area contributed by atoms with E-state index in [1.165, 1.54) is 11.1 Å². The molecule has 6 nitrogen and oxygen atoms in total. The SMILES string of the molecule is COCCCNC(=O)c1ccc(CSc2nc3ccncc3n2Cc2ccccc2C)cc1. The van der Waals surface area contributed by atoms with E-state index in [-0.39, 0.29) is 5.91 Å². The summed E-state index contributed by atoms with van der Waals surface area (Å²) in [6.07, 6.45) is 4.46. The highest BCUT2D eigenvalue weighted by Gasteiger charge is 2.13. The number of aryl methyl sites for hydroxylation is 1. The lowest BCUT2D eigenvalue weighted by Crippen LogP contribution is -2.25. The summed E-state index contributed by atoms with van der Waals surface area (Å²) in [5.41, 5.74) is 6.31. The number of thioether (sulfide) groups is 1. The van der Waals surface area contributed by atoms with Gasteiger partial charge in [-0.25, -0.2) is 4.98 Å². The van der Waals surface area contributed by atoms with Gasteiger partial charge in [0.2, 0.25) is 0 Å². The molecule has 0 spiro atoms. The lowest BCUT2D eigenvalue weighted by Gasteiger charge is -2.11. The molecule has 0 saturated carbocycles. The maximum absolute atomic E-state index is 12.3. The van der Waals surface area contributed by atoms with Crippen molar-refractivity contribution >= 4 is 28.7 Å². The van der Waals surface area contributed by atoms with Crippen LogP contribution >= 0.6 is 11.8 Å². The summed E-state index contributed by atoms with van der Waals surface area (Å²) in [7, 11) is 1.66. The standard InChI is InChI=1S/C26H28N4O2S/c1-19-6-3-4-7-22(19)17-30-24-16-27-14-12-23(24)29-26(30)33-18-20-8-10-21(11-9-20)25(31)28-13-5-15-32-2/h3-4,6-12,14,16H,5,13,15,17-18H2,1-2H3,(H,28,31). The third kappa shape index (κ3) is 5.80. The quantitative estimate of drug-likeness (QED) is 0.271. The van der Waals surface area contributed by atoms with Gasteiger partial charge in [0, 0.05) is 37.8 Å². The number of methoxy groups -OCH3 is 1. The number of nitrogens with zero attached hydrogens (tertiary/aromatic N) is 3. The molecule has 7 heteroatoms. The number of ether oxygens (including phenoxy) is 1. The van der Waals surface area contributed by atoms with E-state index in [1.54, 1.807) is 25.1 Å². The molecule has 33 heavy (non-hydrogen) atoms. The van der Waals surface area contributed by atoms with Gasteiger partial charge in [0.25, 0.3) is 5.91 Å². The van der Waals surface area contributed by atoms with E-state index in [0.717, 1.165) is 40.5 Å². The highest BCUT2D eigenvalue weighted by Crippen LogP contribution is 2.28. The molecule has 2 heterocycles. The van der Waals surface area contributed by atoms with Gasteiger partial charge in [-0.3, -0.25) is 9.78 Å². The number of rotatable bonds is 10. The average molecular weight is 461 g/mol. The van der Waals surface area contributed by atoms with E-state index in [0.29, 0.717) is 18.7 Å². The molecule has 0 radical (unpaired) electrons.